The molecule has 0 radical (unpaired) electrons. The molecule has 3 aliphatic rings. The van der Waals surface area contributed by atoms with Crippen molar-refractivity contribution < 1.29 is 19.1 Å². The molecule has 7 nitrogen and oxygen atoms in total. The van der Waals surface area contributed by atoms with Crippen LogP contribution in [0.5, 0.6) is 0 Å². The van der Waals surface area contributed by atoms with E-state index in [2.05, 4.69) is 38.1 Å². The molecule has 1 saturated carbocycles. The van der Waals surface area contributed by atoms with Gasteiger partial charge in [0, 0.05) is 41.3 Å². The minimum atomic E-state index is -1.14. The maximum Gasteiger partial charge on any atom is 0.335 e. The third-order valence-electron chi connectivity index (χ3n) is 9.14. The molecule has 4 aromatic rings. The van der Waals surface area contributed by atoms with Gasteiger partial charge in [0.1, 0.15) is 11.4 Å². The van der Waals surface area contributed by atoms with Crippen LogP contribution < -0.4 is 5.32 Å². The Kier molecular flexibility index (Phi) is 6.26. The number of fused-ring (bicyclic) bond motifs is 3. The number of carboxylic acid groups (broad SMARTS) is 1. The first-order valence-electron chi connectivity index (χ1n) is 13.7. The second-order valence-electron chi connectivity index (χ2n) is 11.5. The quantitative estimate of drug-likeness (QED) is 0.247. The fourth-order valence-electron chi connectivity index (χ4n) is 7.15. The number of carboxylic acids is 1. The number of rotatable bonds is 6. The predicted octanol–water partition coefficient (Wildman–Crippen LogP) is 6.65. The molecular weight excluding hydrogens is 611 g/mol. The van der Waals surface area contributed by atoms with Gasteiger partial charge in [0.2, 0.25) is 5.91 Å². The molecule has 1 aromatic heterocycles. The Morgan fingerprint density at radius 3 is 2.76 bits per heavy atom. The van der Waals surface area contributed by atoms with Crippen LogP contribution in [0.4, 0.5) is 10.1 Å². The highest BCUT2D eigenvalue weighted by atomic mass is 79.9. The molecule has 1 amide bonds. The lowest BCUT2D eigenvalue weighted by Crippen LogP contribution is -2.53. The van der Waals surface area contributed by atoms with E-state index in [9.17, 15) is 14.7 Å². The molecule has 3 aromatic carbocycles. The van der Waals surface area contributed by atoms with Gasteiger partial charge in [0.25, 0.3) is 0 Å². The molecule has 210 valence electrons. The Balaban J connectivity index is 1.42. The Morgan fingerprint density at radius 2 is 2.00 bits per heavy atom. The summed E-state index contributed by atoms with van der Waals surface area (Å²) in [5.41, 5.74) is 2.40. The van der Waals surface area contributed by atoms with Crippen molar-refractivity contribution in [2.75, 3.05) is 11.9 Å². The van der Waals surface area contributed by atoms with Crippen molar-refractivity contribution in [3.8, 4) is 0 Å². The van der Waals surface area contributed by atoms with Gasteiger partial charge in [0.15, 0.2) is 0 Å². The number of hydrogen-bond donors (Lipinski definition) is 2. The topological polar surface area (TPSA) is 87.5 Å². The molecule has 10 heteroatoms. The highest BCUT2D eigenvalue weighted by Crippen LogP contribution is 2.61. The standard InChI is InChI=1S/C31H27BrClFN4O3/c1-16-26(14-37-15-35-24-11-18(29(39)40)7-10-25(24)37)38(13-17-5-6-17)31(27(16)20-3-2-4-22(32)28(20)34)21-9-8-19(33)12-23(21)36-30(31)41/h2-4,7-12,15-17,26-27H,5-6,13-14H2,1H3,(H,36,41)(H,39,40)/t16-,26+,27-,31-/m1/s1. The molecule has 7 rings (SSSR count). The Morgan fingerprint density at radius 1 is 1.20 bits per heavy atom. The molecule has 1 spiro atoms. The number of aromatic nitrogens is 2. The molecule has 1 aliphatic carbocycles. The van der Waals surface area contributed by atoms with Crippen LogP contribution in [0.25, 0.3) is 11.0 Å². The molecule has 2 fully saturated rings. The number of nitrogens with one attached hydrogen (secondary N) is 1. The smallest absolute Gasteiger partial charge is 0.335 e. The largest absolute Gasteiger partial charge is 0.478 e. The zero-order valence-corrected chi connectivity index (χ0v) is 24.5. The van der Waals surface area contributed by atoms with Crippen molar-refractivity contribution in [3.05, 3.63) is 92.9 Å². The lowest BCUT2D eigenvalue weighted by atomic mass is 9.71. The van der Waals surface area contributed by atoms with Crippen molar-refractivity contribution in [2.24, 2.45) is 11.8 Å². The normalized spacial score (nSPS) is 25.7. The lowest BCUT2D eigenvalue weighted by molar-refractivity contribution is -0.128. The molecular formula is C31H27BrClFN4O3. The number of aromatic carboxylic acids is 1. The third-order valence-corrected chi connectivity index (χ3v) is 9.99. The number of likely N-dealkylation sites (tertiary alicyclic amines) is 1. The van der Waals surface area contributed by atoms with Crippen LogP contribution in [0.1, 0.15) is 47.2 Å². The van der Waals surface area contributed by atoms with Gasteiger partial charge < -0.3 is 15.0 Å². The average Bonchev–Trinajstić information content (AvgIpc) is 3.54. The molecule has 4 atom stereocenters. The summed E-state index contributed by atoms with van der Waals surface area (Å²) in [7, 11) is 0. The summed E-state index contributed by atoms with van der Waals surface area (Å²) in [6.45, 7) is 3.31. The Bertz CT molecular complexity index is 1740. The number of halogens is 3. The molecule has 41 heavy (non-hydrogen) atoms. The minimum Gasteiger partial charge on any atom is -0.478 e. The Labute approximate surface area is 249 Å². The molecule has 2 aliphatic heterocycles. The average molecular weight is 638 g/mol. The molecule has 0 bridgehead atoms. The van der Waals surface area contributed by atoms with Gasteiger partial charge in [-0.1, -0.05) is 36.7 Å². The second kappa shape index (κ2) is 9.64. The van der Waals surface area contributed by atoms with E-state index in [1.165, 1.54) is 0 Å². The van der Waals surface area contributed by atoms with E-state index in [0.717, 1.165) is 23.9 Å². The van der Waals surface area contributed by atoms with Crippen LogP contribution >= 0.6 is 27.5 Å². The fraction of sp³-hybridized carbons (Fsp3) is 0.323. The first-order valence-corrected chi connectivity index (χ1v) is 14.9. The summed E-state index contributed by atoms with van der Waals surface area (Å²) in [6, 6.07) is 15.5. The van der Waals surface area contributed by atoms with Gasteiger partial charge in [-0.05, 0) is 82.6 Å². The minimum absolute atomic E-state index is 0.138. The van der Waals surface area contributed by atoms with Gasteiger partial charge in [-0.3, -0.25) is 9.69 Å². The summed E-state index contributed by atoms with van der Waals surface area (Å²) in [5.74, 6) is -1.71. The summed E-state index contributed by atoms with van der Waals surface area (Å²) in [4.78, 5) is 32.7. The van der Waals surface area contributed by atoms with E-state index in [1.54, 1.807) is 48.8 Å². The van der Waals surface area contributed by atoms with Crippen LogP contribution in [-0.4, -0.2) is 44.0 Å². The van der Waals surface area contributed by atoms with E-state index in [4.69, 9.17) is 11.6 Å². The van der Waals surface area contributed by atoms with Crippen LogP contribution in [0.15, 0.2) is 65.4 Å². The predicted molar refractivity (Wildman–Crippen MR) is 158 cm³/mol. The highest BCUT2D eigenvalue weighted by molar-refractivity contribution is 9.10. The second-order valence-corrected chi connectivity index (χ2v) is 12.7. The van der Waals surface area contributed by atoms with Gasteiger partial charge in [-0.15, -0.1) is 0 Å². The van der Waals surface area contributed by atoms with Crippen molar-refractivity contribution in [1.82, 2.24) is 14.5 Å². The van der Waals surface area contributed by atoms with Crippen molar-refractivity contribution in [3.63, 3.8) is 0 Å². The first kappa shape index (κ1) is 26.6. The molecule has 3 heterocycles. The van der Waals surface area contributed by atoms with Crippen LogP contribution in [0.2, 0.25) is 5.02 Å². The van der Waals surface area contributed by atoms with Crippen LogP contribution in [-0.2, 0) is 16.9 Å². The number of hydrogen-bond acceptors (Lipinski definition) is 4. The van der Waals surface area contributed by atoms with Gasteiger partial charge in [0.05, 0.1) is 27.4 Å². The van der Waals surface area contributed by atoms with Gasteiger partial charge in [-0.2, -0.15) is 0 Å². The number of amides is 1. The van der Waals surface area contributed by atoms with Gasteiger partial charge in [-0.25, -0.2) is 14.2 Å². The monoisotopic (exact) mass is 636 g/mol. The van der Waals surface area contributed by atoms with E-state index >= 15 is 4.39 Å². The number of carbonyl (C=O) groups excluding carboxylic acids is 1. The fourth-order valence-corrected chi connectivity index (χ4v) is 7.70. The van der Waals surface area contributed by atoms with Crippen LogP contribution in [0.3, 0.4) is 0 Å². The maximum atomic E-state index is 16.0. The van der Waals surface area contributed by atoms with E-state index in [1.807, 2.05) is 16.7 Å². The highest BCUT2D eigenvalue weighted by Gasteiger charge is 2.66. The SMILES string of the molecule is C[C@@H]1[C@H](Cn2cnc3cc(C(=O)O)ccc32)N(CC2CC2)[C@@]2(C(=O)Nc3cc(Cl)ccc32)[C@H]1c1cccc(Br)c1F. The van der Waals surface area contributed by atoms with E-state index < -0.39 is 17.4 Å². The Hall–Kier alpha value is -3.27. The van der Waals surface area contributed by atoms with E-state index in [0.29, 0.717) is 45.3 Å². The molecule has 0 unspecified atom stereocenters. The van der Waals surface area contributed by atoms with Crippen molar-refractivity contribution in [1.29, 1.82) is 0 Å². The number of anilines is 1. The van der Waals surface area contributed by atoms with Crippen molar-refractivity contribution >= 4 is 56.1 Å². The number of benzene rings is 3. The number of carbonyl (C=O) groups is 2. The summed E-state index contributed by atoms with van der Waals surface area (Å²) < 4.78 is 18.3. The van der Waals surface area contributed by atoms with Gasteiger partial charge >= 0.3 is 5.97 Å². The number of nitrogens with zero attached hydrogens (tertiary/aromatic N) is 3. The van der Waals surface area contributed by atoms with E-state index in [-0.39, 0.29) is 29.2 Å². The van der Waals surface area contributed by atoms with Crippen molar-refractivity contribution in [2.45, 2.75) is 43.8 Å². The number of imidazole rings is 1. The zero-order chi connectivity index (χ0) is 28.6. The molecule has 1 saturated heterocycles. The zero-order valence-electron chi connectivity index (χ0n) is 22.2. The molecule has 2 N–H and O–H groups in total. The van der Waals surface area contributed by atoms with Crippen LogP contribution in [0, 0.1) is 17.7 Å². The summed E-state index contributed by atoms with van der Waals surface area (Å²) in [5, 5.41) is 13.1. The third kappa shape index (κ3) is 4.04. The summed E-state index contributed by atoms with van der Waals surface area (Å²) in [6.07, 6.45) is 3.90. The lowest BCUT2D eigenvalue weighted by Gasteiger charge is -2.40. The first-order chi connectivity index (χ1) is 19.7. The maximum absolute atomic E-state index is 16.0. The summed E-state index contributed by atoms with van der Waals surface area (Å²) >= 11 is 9.73.